The molecule has 2 aromatic carbocycles. The molecule has 5 heteroatoms. The summed E-state index contributed by atoms with van der Waals surface area (Å²) in [7, 11) is 0. The van der Waals surface area contributed by atoms with E-state index in [1.807, 2.05) is 29.2 Å². The Balaban J connectivity index is 2.02. The van der Waals surface area contributed by atoms with Crippen molar-refractivity contribution in [2.45, 2.75) is 6.54 Å². The molecule has 0 radical (unpaired) electrons. The predicted molar refractivity (Wildman–Crippen MR) is 81.4 cm³/mol. The van der Waals surface area contributed by atoms with Crippen LogP contribution in [0.5, 0.6) is 5.75 Å². The largest absolute Gasteiger partial charge is 0.491 e. The number of rotatable bonds is 2. The quantitative estimate of drug-likeness (QED) is 0.923. The topological polar surface area (TPSA) is 49.8 Å². The summed E-state index contributed by atoms with van der Waals surface area (Å²) in [4.78, 5) is 13.5. The van der Waals surface area contributed by atoms with Crippen LogP contribution in [0, 0.1) is 0 Å². The molecular weight excluding hydrogens is 290 g/mol. The molecule has 0 saturated carbocycles. The van der Waals surface area contributed by atoms with Gasteiger partial charge in [0.15, 0.2) is 0 Å². The van der Waals surface area contributed by atoms with E-state index in [9.17, 15) is 9.90 Å². The highest BCUT2D eigenvalue weighted by atomic mass is 35.5. The molecule has 1 heterocycles. The lowest BCUT2D eigenvalue weighted by Crippen LogP contribution is -2.27. The molecule has 1 aliphatic rings. The van der Waals surface area contributed by atoms with Crippen LogP contribution in [0.25, 0.3) is 0 Å². The molecule has 0 unspecified atom stereocenters. The lowest BCUT2D eigenvalue weighted by Gasteiger charge is -2.24. The molecule has 0 spiro atoms. The van der Waals surface area contributed by atoms with Crippen molar-refractivity contribution in [2.75, 3.05) is 18.1 Å². The van der Waals surface area contributed by atoms with E-state index in [4.69, 9.17) is 16.3 Å². The summed E-state index contributed by atoms with van der Waals surface area (Å²) >= 11 is 6.05. The Bertz CT molecular complexity index is 687. The maximum absolute atomic E-state index is 11.5. The number of aromatic carboxylic acids is 1. The predicted octanol–water partition coefficient (Wildman–Crippen LogP) is 3.44. The van der Waals surface area contributed by atoms with Crippen LogP contribution in [-0.4, -0.2) is 24.2 Å². The van der Waals surface area contributed by atoms with E-state index < -0.39 is 5.97 Å². The Morgan fingerprint density at radius 1 is 1.19 bits per heavy atom. The molecule has 0 aliphatic carbocycles. The third kappa shape index (κ3) is 2.67. The molecule has 108 valence electrons. The van der Waals surface area contributed by atoms with Crippen molar-refractivity contribution in [3.63, 3.8) is 0 Å². The molecule has 21 heavy (non-hydrogen) atoms. The number of fused-ring (bicyclic) bond motifs is 1. The first-order valence-corrected chi connectivity index (χ1v) is 7.02. The van der Waals surface area contributed by atoms with Crippen LogP contribution in [0.15, 0.2) is 42.5 Å². The molecule has 0 aromatic heterocycles. The van der Waals surface area contributed by atoms with Crippen molar-refractivity contribution in [3.05, 3.63) is 58.6 Å². The summed E-state index contributed by atoms with van der Waals surface area (Å²) in [5, 5.41) is 9.65. The maximum Gasteiger partial charge on any atom is 0.339 e. The number of para-hydroxylation sites is 1. The first-order chi connectivity index (χ1) is 10.2. The monoisotopic (exact) mass is 303 g/mol. The molecule has 0 bridgehead atoms. The molecule has 0 saturated heterocycles. The summed E-state index contributed by atoms with van der Waals surface area (Å²) in [6, 6.07) is 12.9. The van der Waals surface area contributed by atoms with Gasteiger partial charge >= 0.3 is 5.97 Å². The Hall–Kier alpha value is -2.20. The molecule has 0 atom stereocenters. The van der Waals surface area contributed by atoms with Crippen LogP contribution in [0.2, 0.25) is 5.02 Å². The van der Waals surface area contributed by atoms with Gasteiger partial charge in [0.1, 0.15) is 17.9 Å². The van der Waals surface area contributed by atoms with Gasteiger partial charge in [-0.25, -0.2) is 4.79 Å². The second-order valence-electron chi connectivity index (χ2n) is 4.82. The summed E-state index contributed by atoms with van der Waals surface area (Å²) in [5.74, 6) is -0.173. The van der Waals surface area contributed by atoms with Gasteiger partial charge in [-0.2, -0.15) is 0 Å². The van der Waals surface area contributed by atoms with Crippen LogP contribution >= 0.6 is 11.6 Å². The van der Waals surface area contributed by atoms with Gasteiger partial charge in [-0.15, -0.1) is 0 Å². The highest BCUT2D eigenvalue weighted by Crippen LogP contribution is 2.31. The van der Waals surface area contributed by atoms with Gasteiger partial charge in [-0.1, -0.05) is 35.9 Å². The van der Waals surface area contributed by atoms with E-state index in [2.05, 4.69) is 0 Å². The van der Waals surface area contributed by atoms with Gasteiger partial charge < -0.3 is 14.7 Å². The number of carboxylic acids is 1. The molecule has 0 fully saturated rings. The summed E-state index contributed by atoms with van der Waals surface area (Å²) in [5.41, 5.74) is 1.79. The van der Waals surface area contributed by atoms with Gasteiger partial charge in [0.25, 0.3) is 0 Å². The average molecular weight is 304 g/mol. The van der Waals surface area contributed by atoms with Gasteiger partial charge in [0.2, 0.25) is 0 Å². The number of hydrogen-bond donors (Lipinski definition) is 1. The lowest BCUT2D eigenvalue weighted by atomic mass is 10.1. The number of anilines is 1. The average Bonchev–Trinajstić information content (AvgIpc) is 2.68. The minimum atomic E-state index is -1.02. The van der Waals surface area contributed by atoms with E-state index >= 15 is 0 Å². The van der Waals surface area contributed by atoms with Crippen LogP contribution in [0.4, 0.5) is 5.69 Å². The third-order valence-corrected chi connectivity index (χ3v) is 3.81. The Kier molecular flexibility index (Phi) is 3.71. The van der Waals surface area contributed by atoms with Gasteiger partial charge in [-0.05, 0) is 18.2 Å². The maximum atomic E-state index is 11.5. The Morgan fingerprint density at radius 3 is 2.81 bits per heavy atom. The zero-order valence-electron chi connectivity index (χ0n) is 11.3. The second-order valence-corrected chi connectivity index (χ2v) is 5.22. The highest BCUT2D eigenvalue weighted by Gasteiger charge is 2.22. The normalized spacial score (nSPS) is 14.0. The fourth-order valence-corrected chi connectivity index (χ4v) is 2.77. The van der Waals surface area contributed by atoms with E-state index in [0.717, 1.165) is 11.3 Å². The fourth-order valence-electron chi connectivity index (χ4n) is 2.52. The van der Waals surface area contributed by atoms with E-state index in [1.165, 1.54) is 0 Å². The van der Waals surface area contributed by atoms with Crippen molar-refractivity contribution in [2.24, 2.45) is 0 Å². The summed E-state index contributed by atoms with van der Waals surface area (Å²) in [6.07, 6.45) is 0. The van der Waals surface area contributed by atoms with Crippen molar-refractivity contribution >= 4 is 23.3 Å². The minimum absolute atomic E-state index is 0.138. The first kappa shape index (κ1) is 13.8. The fraction of sp³-hybridized carbons (Fsp3) is 0.188. The Morgan fingerprint density at radius 2 is 2.00 bits per heavy atom. The van der Waals surface area contributed by atoms with Crippen LogP contribution in [0.3, 0.4) is 0 Å². The SMILES string of the molecule is O=C(O)c1c(Cl)cccc1N1CCOc2ccccc2C1. The van der Waals surface area contributed by atoms with Crippen LogP contribution in [0.1, 0.15) is 15.9 Å². The summed E-state index contributed by atoms with van der Waals surface area (Å²) < 4.78 is 5.71. The third-order valence-electron chi connectivity index (χ3n) is 3.50. The molecular formula is C16H14ClNO3. The molecule has 1 N–H and O–H groups in total. The zero-order valence-corrected chi connectivity index (χ0v) is 12.0. The van der Waals surface area contributed by atoms with E-state index in [1.54, 1.807) is 18.2 Å². The first-order valence-electron chi connectivity index (χ1n) is 6.64. The van der Waals surface area contributed by atoms with Crippen LogP contribution < -0.4 is 9.64 Å². The standard InChI is InChI=1S/C16H14ClNO3/c17-12-5-3-6-13(15(12)16(19)20)18-8-9-21-14-7-2-1-4-11(14)10-18/h1-7H,8-10H2,(H,19,20). The zero-order chi connectivity index (χ0) is 14.8. The van der Waals surface area contributed by atoms with Crippen molar-refractivity contribution in [3.8, 4) is 5.75 Å². The van der Waals surface area contributed by atoms with Crippen molar-refractivity contribution in [1.29, 1.82) is 0 Å². The number of benzene rings is 2. The lowest BCUT2D eigenvalue weighted by molar-refractivity contribution is 0.0697. The number of ether oxygens (including phenoxy) is 1. The minimum Gasteiger partial charge on any atom is -0.491 e. The molecule has 3 rings (SSSR count). The number of hydrogen-bond acceptors (Lipinski definition) is 3. The van der Waals surface area contributed by atoms with Gasteiger partial charge in [-0.3, -0.25) is 0 Å². The van der Waals surface area contributed by atoms with Gasteiger partial charge in [0, 0.05) is 12.1 Å². The number of nitrogens with zero attached hydrogens (tertiary/aromatic N) is 1. The second kappa shape index (κ2) is 5.66. The molecule has 0 amide bonds. The Labute approximate surface area is 127 Å². The molecule has 4 nitrogen and oxygen atoms in total. The number of halogens is 1. The summed E-state index contributed by atoms with van der Waals surface area (Å²) in [6.45, 7) is 1.70. The van der Waals surface area contributed by atoms with Crippen molar-refractivity contribution < 1.29 is 14.6 Å². The van der Waals surface area contributed by atoms with Gasteiger partial charge in [0.05, 0.1) is 17.3 Å². The van der Waals surface area contributed by atoms with E-state index in [-0.39, 0.29) is 10.6 Å². The number of carbonyl (C=O) groups is 1. The highest BCUT2D eigenvalue weighted by molar-refractivity contribution is 6.34. The smallest absolute Gasteiger partial charge is 0.339 e. The molecule has 1 aliphatic heterocycles. The van der Waals surface area contributed by atoms with E-state index in [0.29, 0.717) is 25.4 Å². The van der Waals surface area contributed by atoms with Crippen molar-refractivity contribution in [1.82, 2.24) is 0 Å². The van der Waals surface area contributed by atoms with Crippen LogP contribution in [-0.2, 0) is 6.54 Å². The number of carboxylic acid groups (broad SMARTS) is 1. The molecule has 2 aromatic rings.